The monoisotopic (exact) mass is 253 g/mol. The Morgan fingerprint density at radius 2 is 2.00 bits per heavy atom. The molecule has 0 aromatic carbocycles. The average molecular weight is 253 g/mol. The molecule has 0 saturated heterocycles. The van der Waals surface area contributed by atoms with Gasteiger partial charge in [0.2, 0.25) is 0 Å². The molecule has 2 aromatic rings. The molecule has 0 spiro atoms. The molecule has 0 unspecified atom stereocenters. The van der Waals surface area contributed by atoms with Crippen LogP contribution in [0.15, 0.2) is 47.9 Å². The van der Waals surface area contributed by atoms with Crippen LogP contribution in [0.4, 0.5) is 4.79 Å². The van der Waals surface area contributed by atoms with Crippen LogP contribution in [0.25, 0.3) is 0 Å². The number of carbonyl (C=O) groups is 1. The van der Waals surface area contributed by atoms with E-state index in [0.29, 0.717) is 0 Å². The highest BCUT2D eigenvalue weighted by molar-refractivity contribution is 7.90. The van der Waals surface area contributed by atoms with Crippen molar-refractivity contribution in [1.82, 2.24) is 14.9 Å². The molecule has 0 aliphatic carbocycles. The lowest BCUT2D eigenvalue weighted by molar-refractivity contribution is -0.570. The molecule has 2 rings (SSSR count). The van der Waals surface area contributed by atoms with Crippen LogP contribution in [0, 0.1) is 0 Å². The summed E-state index contributed by atoms with van der Waals surface area (Å²) in [5, 5.41) is 5.61. The molecule has 0 atom stereocenters. The third-order valence-corrected chi connectivity index (χ3v) is 3.19. The van der Waals surface area contributed by atoms with E-state index in [4.69, 9.17) is 0 Å². The van der Waals surface area contributed by atoms with Gasteiger partial charge in [-0.1, -0.05) is 6.07 Å². The molecule has 0 aliphatic heterocycles. The Morgan fingerprint density at radius 1 is 1.29 bits per heavy atom. The molecule has 0 aliphatic rings. The standard InChI is InChI=1S/C9H8N4O3S/c14-9(13-6-2-1-3-7-13)12-17(15,16)8-4-5-10-11-8/h1-7H,(H-,10,11,12,14)/p+1. The number of aromatic nitrogens is 3. The average Bonchev–Trinajstić information content (AvgIpc) is 2.84. The number of nitrogens with zero attached hydrogens (tertiary/aromatic N) is 2. The van der Waals surface area contributed by atoms with E-state index in [9.17, 15) is 13.2 Å². The van der Waals surface area contributed by atoms with Crippen LogP contribution < -0.4 is 9.29 Å². The topological polar surface area (TPSA) is 95.8 Å². The van der Waals surface area contributed by atoms with Crippen molar-refractivity contribution in [1.29, 1.82) is 0 Å². The third kappa shape index (κ3) is 2.48. The van der Waals surface area contributed by atoms with Crippen LogP contribution in [0.2, 0.25) is 0 Å². The molecule has 2 N–H and O–H groups in total. The zero-order valence-corrected chi connectivity index (χ0v) is 9.39. The minimum atomic E-state index is -3.90. The summed E-state index contributed by atoms with van der Waals surface area (Å²) in [6, 6.07) is 5.43. The van der Waals surface area contributed by atoms with Gasteiger partial charge in [0.1, 0.15) is 0 Å². The highest BCUT2D eigenvalue weighted by Crippen LogP contribution is 2.01. The van der Waals surface area contributed by atoms with Gasteiger partial charge in [-0.25, -0.2) is 0 Å². The predicted molar refractivity (Wildman–Crippen MR) is 56.3 cm³/mol. The summed E-state index contributed by atoms with van der Waals surface area (Å²) in [7, 11) is -3.90. The first kappa shape index (κ1) is 11.3. The van der Waals surface area contributed by atoms with E-state index in [2.05, 4.69) is 10.2 Å². The Kier molecular flexibility index (Phi) is 2.88. The van der Waals surface area contributed by atoms with Gasteiger partial charge in [0.25, 0.3) is 0 Å². The minimum Gasteiger partial charge on any atom is -0.264 e. The van der Waals surface area contributed by atoms with Gasteiger partial charge in [-0.3, -0.25) is 5.10 Å². The molecule has 0 fully saturated rings. The summed E-state index contributed by atoms with van der Waals surface area (Å²) in [6.07, 6.45) is 4.17. The first-order chi connectivity index (χ1) is 8.09. The number of hydrogen-bond acceptors (Lipinski definition) is 4. The van der Waals surface area contributed by atoms with E-state index in [1.54, 1.807) is 18.2 Å². The number of nitrogens with one attached hydrogen (secondary N) is 2. The van der Waals surface area contributed by atoms with Crippen LogP contribution in [0.5, 0.6) is 0 Å². The van der Waals surface area contributed by atoms with E-state index in [-0.39, 0.29) is 5.03 Å². The number of sulfonamides is 1. The third-order valence-electron chi connectivity index (χ3n) is 1.94. The summed E-state index contributed by atoms with van der Waals surface area (Å²) in [6.45, 7) is 0. The SMILES string of the molecule is O=C(NS(=O)(=O)c1ccn[nH]1)[n+]1ccccc1. The molecule has 17 heavy (non-hydrogen) atoms. The van der Waals surface area contributed by atoms with Crippen LogP contribution in [-0.4, -0.2) is 24.6 Å². The number of amides is 1. The van der Waals surface area contributed by atoms with Crippen molar-refractivity contribution in [3.8, 4) is 0 Å². The zero-order valence-electron chi connectivity index (χ0n) is 8.57. The quantitative estimate of drug-likeness (QED) is 0.715. The van der Waals surface area contributed by atoms with Gasteiger partial charge in [-0.05, 0) is 18.2 Å². The molecule has 2 aromatic heterocycles. The van der Waals surface area contributed by atoms with Crippen molar-refractivity contribution in [2.24, 2.45) is 0 Å². The molecule has 8 heteroatoms. The Labute approximate surface area is 97.2 Å². The molecule has 88 valence electrons. The first-order valence-corrected chi connectivity index (χ1v) is 6.11. The minimum absolute atomic E-state index is 0.164. The van der Waals surface area contributed by atoms with Crippen molar-refractivity contribution in [2.45, 2.75) is 5.03 Å². The maximum atomic E-state index is 11.7. The summed E-state index contributed by atoms with van der Waals surface area (Å²) >= 11 is 0. The Balaban J connectivity index is 2.21. The van der Waals surface area contributed by atoms with E-state index < -0.39 is 16.1 Å². The maximum Gasteiger partial charge on any atom is 0.511 e. The fraction of sp³-hybridized carbons (Fsp3) is 0. The molecule has 7 nitrogen and oxygen atoms in total. The number of H-pyrrole nitrogens is 1. The lowest BCUT2D eigenvalue weighted by Gasteiger charge is -1.98. The van der Waals surface area contributed by atoms with Crippen molar-refractivity contribution >= 4 is 16.1 Å². The fourth-order valence-electron chi connectivity index (χ4n) is 1.15. The number of pyridine rings is 1. The van der Waals surface area contributed by atoms with E-state index in [0.717, 1.165) is 4.57 Å². The highest BCUT2D eigenvalue weighted by atomic mass is 32.2. The van der Waals surface area contributed by atoms with Crippen molar-refractivity contribution < 1.29 is 17.8 Å². The van der Waals surface area contributed by atoms with E-state index in [1.807, 2.05) is 4.72 Å². The van der Waals surface area contributed by atoms with Gasteiger partial charge in [0, 0.05) is 0 Å². The van der Waals surface area contributed by atoms with Gasteiger partial charge in [-0.15, -0.1) is 4.72 Å². The number of aromatic amines is 1. The molecule has 0 radical (unpaired) electrons. The van der Waals surface area contributed by atoms with Gasteiger partial charge in [0.05, 0.1) is 18.6 Å². The van der Waals surface area contributed by atoms with Crippen LogP contribution in [-0.2, 0) is 10.0 Å². The summed E-state index contributed by atoms with van der Waals surface area (Å²) in [5.74, 6) is 0. The van der Waals surface area contributed by atoms with Crippen molar-refractivity contribution in [3.63, 3.8) is 0 Å². The number of rotatable bonds is 2. The maximum absolute atomic E-state index is 11.7. The lowest BCUT2D eigenvalue weighted by atomic mass is 10.5. The largest absolute Gasteiger partial charge is 0.511 e. The predicted octanol–water partition coefficient (Wildman–Crippen LogP) is -0.356. The molecular weight excluding hydrogens is 244 g/mol. The second-order valence-electron chi connectivity index (χ2n) is 3.11. The van der Waals surface area contributed by atoms with Crippen molar-refractivity contribution in [2.75, 3.05) is 0 Å². The van der Waals surface area contributed by atoms with Crippen LogP contribution >= 0.6 is 0 Å². The molecule has 0 saturated carbocycles. The molecular formula is C9H9N4O3S+. The lowest BCUT2D eigenvalue weighted by Crippen LogP contribution is -2.51. The Bertz CT molecular complexity index is 607. The van der Waals surface area contributed by atoms with E-state index in [1.165, 1.54) is 24.7 Å². The Hall–Kier alpha value is -2.22. The van der Waals surface area contributed by atoms with Gasteiger partial charge in [-0.2, -0.15) is 22.9 Å². The van der Waals surface area contributed by atoms with Crippen LogP contribution in [0.1, 0.15) is 0 Å². The number of carbonyl (C=O) groups excluding carboxylic acids is 1. The highest BCUT2D eigenvalue weighted by Gasteiger charge is 2.26. The first-order valence-electron chi connectivity index (χ1n) is 4.62. The second kappa shape index (κ2) is 4.34. The van der Waals surface area contributed by atoms with Crippen molar-refractivity contribution in [3.05, 3.63) is 42.9 Å². The van der Waals surface area contributed by atoms with Crippen LogP contribution in [0.3, 0.4) is 0 Å². The molecule has 1 amide bonds. The van der Waals surface area contributed by atoms with Gasteiger partial charge < -0.3 is 0 Å². The normalized spacial score (nSPS) is 11.1. The molecule has 2 heterocycles. The summed E-state index contributed by atoms with van der Waals surface area (Å²) in [5.41, 5.74) is 0. The number of hydrogen-bond donors (Lipinski definition) is 2. The van der Waals surface area contributed by atoms with E-state index >= 15 is 0 Å². The smallest absolute Gasteiger partial charge is 0.264 e. The fourth-order valence-corrected chi connectivity index (χ4v) is 2.01. The summed E-state index contributed by atoms with van der Waals surface area (Å²) in [4.78, 5) is 11.6. The second-order valence-corrected chi connectivity index (χ2v) is 4.77. The van der Waals surface area contributed by atoms with Gasteiger partial charge in [0.15, 0.2) is 5.03 Å². The van der Waals surface area contributed by atoms with Gasteiger partial charge >= 0.3 is 16.1 Å². The molecule has 0 bridgehead atoms. The summed E-state index contributed by atoms with van der Waals surface area (Å²) < 4.78 is 26.3. The zero-order chi connectivity index (χ0) is 12.3. The Morgan fingerprint density at radius 3 is 2.59 bits per heavy atom.